The van der Waals surface area contributed by atoms with Crippen LogP contribution < -0.4 is 4.74 Å². The minimum Gasteiger partial charge on any atom is -0.496 e. The number of hydrogen-bond donors (Lipinski definition) is 2. The van der Waals surface area contributed by atoms with Crippen molar-refractivity contribution in [3.63, 3.8) is 0 Å². The first-order valence-electron chi connectivity index (χ1n) is 11.2. The number of benzene rings is 2. The quantitative estimate of drug-likeness (QED) is 0.670. The Bertz CT molecular complexity index is 1110. The van der Waals surface area contributed by atoms with E-state index in [9.17, 15) is 9.90 Å². The Morgan fingerprint density at radius 3 is 2.77 bits per heavy atom. The highest BCUT2D eigenvalue weighted by atomic mass is 16.5. The van der Waals surface area contributed by atoms with E-state index >= 15 is 0 Å². The van der Waals surface area contributed by atoms with E-state index in [2.05, 4.69) is 18.0 Å². The Morgan fingerprint density at radius 2 is 1.94 bits per heavy atom. The van der Waals surface area contributed by atoms with Crippen LogP contribution in [0.1, 0.15) is 30.9 Å². The molecule has 31 heavy (non-hydrogen) atoms. The van der Waals surface area contributed by atoms with Crippen molar-refractivity contribution in [2.45, 2.75) is 31.8 Å². The van der Waals surface area contributed by atoms with Crippen molar-refractivity contribution in [3.8, 4) is 5.75 Å². The van der Waals surface area contributed by atoms with E-state index in [1.807, 2.05) is 53.6 Å². The summed E-state index contributed by atoms with van der Waals surface area (Å²) in [5.41, 5.74) is 1.94. The number of nitrogens with zero attached hydrogens (tertiary/aromatic N) is 1. The zero-order valence-corrected chi connectivity index (χ0v) is 18.2. The molecule has 1 aliphatic carbocycles. The van der Waals surface area contributed by atoms with E-state index in [4.69, 9.17) is 4.74 Å². The summed E-state index contributed by atoms with van der Waals surface area (Å²) in [6.45, 7) is 3.43. The summed E-state index contributed by atoms with van der Waals surface area (Å²) in [7, 11) is 1.65. The molecule has 0 spiro atoms. The van der Waals surface area contributed by atoms with E-state index in [0.29, 0.717) is 18.9 Å². The molecule has 1 amide bonds. The van der Waals surface area contributed by atoms with Crippen molar-refractivity contribution in [1.29, 1.82) is 0 Å². The van der Waals surface area contributed by atoms with Crippen molar-refractivity contribution in [1.82, 2.24) is 9.88 Å². The lowest BCUT2D eigenvalue weighted by atomic mass is 9.62. The number of H-pyrrole nitrogens is 1. The molecule has 1 aliphatic heterocycles. The van der Waals surface area contributed by atoms with Crippen LogP contribution in [0, 0.1) is 17.8 Å². The second-order valence-corrected chi connectivity index (χ2v) is 9.21. The van der Waals surface area contributed by atoms with Gasteiger partial charge in [0.1, 0.15) is 11.4 Å². The van der Waals surface area contributed by atoms with Crippen LogP contribution in [0.25, 0.3) is 10.9 Å². The lowest BCUT2D eigenvalue weighted by Crippen LogP contribution is -2.48. The summed E-state index contributed by atoms with van der Waals surface area (Å²) in [5, 5.41) is 13.2. The number of likely N-dealkylation sites (tertiary alicyclic amines) is 1. The van der Waals surface area contributed by atoms with Crippen molar-refractivity contribution < 1.29 is 14.6 Å². The van der Waals surface area contributed by atoms with Crippen LogP contribution in [-0.2, 0) is 16.8 Å². The maximum Gasteiger partial charge on any atom is 0.227 e. The summed E-state index contributed by atoms with van der Waals surface area (Å²) in [4.78, 5) is 18.5. The largest absolute Gasteiger partial charge is 0.496 e. The molecule has 1 saturated heterocycles. The zero-order valence-electron chi connectivity index (χ0n) is 18.2. The molecule has 2 N–H and O–H groups in total. The van der Waals surface area contributed by atoms with Crippen LogP contribution in [-0.4, -0.2) is 41.1 Å². The number of rotatable bonds is 4. The molecule has 3 aromatic rings. The highest BCUT2D eigenvalue weighted by Gasteiger charge is 2.54. The first kappa shape index (κ1) is 20.1. The summed E-state index contributed by atoms with van der Waals surface area (Å²) >= 11 is 0. The van der Waals surface area contributed by atoms with E-state index in [1.54, 1.807) is 7.11 Å². The van der Waals surface area contributed by atoms with Crippen LogP contribution in [0.3, 0.4) is 0 Å². The highest BCUT2D eigenvalue weighted by Crippen LogP contribution is 2.53. The third-order valence-electron chi connectivity index (χ3n) is 7.64. The number of ether oxygens (including phenoxy) is 1. The van der Waals surface area contributed by atoms with Gasteiger partial charge in [0.25, 0.3) is 0 Å². The first-order valence-corrected chi connectivity index (χ1v) is 11.2. The number of carbonyl (C=O) groups is 1. The number of hydrogen-bond acceptors (Lipinski definition) is 3. The molecular formula is C26H30N2O3. The van der Waals surface area contributed by atoms with Gasteiger partial charge in [-0.3, -0.25) is 4.79 Å². The summed E-state index contributed by atoms with van der Waals surface area (Å²) in [6, 6.07) is 15.9. The Hall–Kier alpha value is -2.79. The number of amides is 1. The molecule has 0 radical (unpaired) electrons. The molecule has 2 heterocycles. The van der Waals surface area contributed by atoms with E-state index < -0.39 is 5.60 Å². The van der Waals surface area contributed by atoms with E-state index in [1.165, 1.54) is 0 Å². The van der Waals surface area contributed by atoms with Crippen LogP contribution in [0.15, 0.2) is 54.7 Å². The van der Waals surface area contributed by atoms with Crippen LogP contribution in [0.2, 0.25) is 0 Å². The fraction of sp³-hybridized carbons (Fsp3) is 0.423. The summed E-state index contributed by atoms with van der Waals surface area (Å²) in [5.74, 6) is 1.28. The number of para-hydroxylation sites is 2. The van der Waals surface area contributed by atoms with Gasteiger partial charge in [0.2, 0.25) is 5.91 Å². The van der Waals surface area contributed by atoms with Gasteiger partial charge in [-0.2, -0.15) is 0 Å². The smallest absolute Gasteiger partial charge is 0.227 e. The lowest BCUT2D eigenvalue weighted by Gasteiger charge is -2.46. The van der Waals surface area contributed by atoms with Gasteiger partial charge in [-0.15, -0.1) is 0 Å². The fourth-order valence-corrected chi connectivity index (χ4v) is 5.91. The molecule has 5 nitrogen and oxygen atoms in total. The van der Waals surface area contributed by atoms with Crippen molar-refractivity contribution in [2.75, 3.05) is 20.2 Å². The minimum absolute atomic E-state index is 0.0134. The number of aromatic nitrogens is 1. The number of fused-ring (bicyclic) bond motifs is 2. The van der Waals surface area contributed by atoms with Gasteiger partial charge in [-0.1, -0.05) is 43.3 Å². The van der Waals surface area contributed by atoms with Gasteiger partial charge >= 0.3 is 0 Å². The molecule has 1 aromatic heterocycles. The molecule has 5 heteroatoms. The van der Waals surface area contributed by atoms with Gasteiger partial charge < -0.3 is 19.7 Å². The first-order chi connectivity index (χ1) is 15.0. The maximum absolute atomic E-state index is 13.3. The molecule has 5 rings (SSSR count). The SMILES string of the molecule is COc1ccccc1C1(O)C(C)CCC2CN(C(=O)Cc3c[nH]c4ccccc34)CC21. The summed E-state index contributed by atoms with van der Waals surface area (Å²) in [6.07, 6.45) is 4.31. The molecule has 162 valence electrons. The standard InChI is InChI=1S/C26H30N2O3/c1-17-11-12-18-15-28(25(29)13-19-14-27-23-9-5-3-7-20(19)23)16-22(18)26(17,30)21-8-4-6-10-24(21)31-2/h3-10,14,17-18,22,27,30H,11-13,15-16H2,1-2H3. The number of nitrogens with one attached hydrogen (secondary N) is 1. The van der Waals surface area contributed by atoms with E-state index in [0.717, 1.165) is 47.2 Å². The average molecular weight is 419 g/mol. The molecule has 0 bridgehead atoms. The molecule has 2 aliphatic rings. The Morgan fingerprint density at radius 1 is 1.16 bits per heavy atom. The summed E-state index contributed by atoms with van der Waals surface area (Å²) < 4.78 is 5.60. The van der Waals surface area contributed by atoms with Gasteiger partial charge in [0, 0.05) is 41.7 Å². The minimum atomic E-state index is -0.995. The Kier molecular flexibility index (Phi) is 5.01. The van der Waals surface area contributed by atoms with Gasteiger partial charge in [-0.25, -0.2) is 0 Å². The van der Waals surface area contributed by atoms with Crippen LogP contribution in [0.5, 0.6) is 5.75 Å². The second kappa shape index (κ2) is 7.72. The number of carbonyl (C=O) groups excluding carboxylic acids is 1. The van der Waals surface area contributed by atoms with Gasteiger partial charge in [-0.05, 0) is 42.4 Å². The third-order valence-corrected chi connectivity index (χ3v) is 7.64. The predicted molar refractivity (Wildman–Crippen MR) is 121 cm³/mol. The topological polar surface area (TPSA) is 65.6 Å². The Labute approximate surface area is 183 Å². The van der Waals surface area contributed by atoms with Crippen molar-refractivity contribution in [2.24, 2.45) is 17.8 Å². The number of methoxy groups -OCH3 is 1. The second-order valence-electron chi connectivity index (χ2n) is 9.21. The predicted octanol–water partition coefficient (Wildman–Crippen LogP) is 4.11. The number of aromatic amines is 1. The monoisotopic (exact) mass is 418 g/mol. The highest BCUT2D eigenvalue weighted by molar-refractivity contribution is 5.89. The lowest BCUT2D eigenvalue weighted by molar-refractivity contribution is -0.130. The van der Waals surface area contributed by atoms with Crippen LogP contribution >= 0.6 is 0 Å². The third kappa shape index (κ3) is 3.23. The maximum atomic E-state index is 13.3. The fourth-order valence-electron chi connectivity index (χ4n) is 5.91. The van der Waals surface area contributed by atoms with E-state index in [-0.39, 0.29) is 17.7 Å². The molecular weight excluding hydrogens is 388 g/mol. The Balaban J connectivity index is 1.41. The van der Waals surface area contributed by atoms with Gasteiger partial charge in [0.05, 0.1) is 13.5 Å². The molecule has 2 fully saturated rings. The average Bonchev–Trinajstić information content (AvgIpc) is 3.42. The van der Waals surface area contributed by atoms with Crippen molar-refractivity contribution >= 4 is 16.8 Å². The normalized spacial score (nSPS) is 28.0. The van der Waals surface area contributed by atoms with Gasteiger partial charge in [0.15, 0.2) is 0 Å². The molecule has 4 unspecified atom stereocenters. The molecule has 4 atom stereocenters. The van der Waals surface area contributed by atoms with Crippen molar-refractivity contribution in [3.05, 3.63) is 65.9 Å². The van der Waals surface area contributed by atoms with Crippen LogP contribution in [0.4, 0.5) is 0 Å². The zero-order chi connectivity index (χ0) is 21.6. The number of aliphatic hydroxyl groups is 1. The molecule has 2 aromatic carbocycles. The molecule has 1 saturated carbocycles.